The smallest absolute Gasteiger partial charge is 0.477 e. The molecule has 0 fully saturated rings. The Hall–Kier alpha value is -3.46. The normalized spacial score (nSPS) is 12.6. The van der Waals surface area contributed by atoms with Crippen LogP contribution in [0.1, 0.15) is 5.56 Å². The summed E-state index contributed by atoms with van der Waals surface area (Å²) in [5.74, 6) is 3.64. The number of hydrazine groups is 1. The number of alkyl halides is 3. The van der Waals surface area contributed by atoms with Gasteiger partial charge in [-0.3, -0.25) is 5.84 Å². The summed E-state index contributed by atoms with van der Waals surface area (Å²) in [6, 6.07) is 12.5. The van der Waals surface area contributed by atoms with E-state index in [-0.39, 0.29) is 11.4 Å². The van der Waals surface area contributed by atoms with Crippen LogP contribution in [0.4, 0.5) is 13.2 Å². The molecule has 0 unspecified atom stereocenters. The molecular weight excluding hydrogens is 363 g/mol. The number of rotatable bonds is 6. The Kier molecular flexibility index (Phi) is 6.09. The first-order valence-electron chi connectivity index (χ1n) is 7.53. The molecule has 0 spiro atoms. The molecule has 0 radical (unpaired) electrons. The van der Waals surface area contributed by atoms with Crippen molar-refractivity contribution in [2.24, 2.45) is 11.6 Å². The molecule has 2 aromatic carbocycles. The van der Waals surface area contributed by atoms with Gasteiger partial charge in [0.15, 0.2) is 0 Å². The second-order valence-electron chi connectivity index (χ2n) is 5.30. The van der Waals surface area contributed by atoms with Crippen LogP contribution in [0.25, 0.3) is 17.2 Å². The van der Waals surface area contributed by atoms with Crippen LogP contribution in [0.2, 0.25) is 0 Å². The van der Waals surface area contributed by atoms with Gasteiger partial charge in [-0.1, -0.05) is 42.5 Å². The Balaban J connectivity index is 2.14. The van der Waals surface area contributed by atoms with Crippen molar-refractivity contribution in [1.29, 1.82) is 0 Å². The van der Waals surface area contributed by atoms with E-state index in [1.165, 1.54) is 30.3 Å². The number of ether oxygens (including phenoxy) is 1. The molecular formula is C18H16F3N3O3. The van der Waals surface area contributed by atoms with Crippen molar-refractivity contribution >= 4 is 12.0 Å². The average molecular weight is 379 g/mol. The lowest BCUT2D eigenvalue weighted by Crippen LogP contribution is -2.26. The summed E-state index contributed by atoms with van der Waals surface area (Å²) in [7, 11) is 0. The predicted molar refractivity (Wildman–Crippen MR) is 93.8 cm³/mol. The van der Waals surface area contributed by atoms with Gasteiger partial charge in [-0.2, -0.15) is 0 Å². The zero-order chi connectivity index (χ0) is 20.0. The zero-order valence-corrected chi connectivity index (χ0v) is 13.8. The molecule has 27 heavy (non-hydrogen) atoms. The Morgan fingerprint density at radius 3 is 2.00 bits per heavy atom. The van der Waals surface area contributed by atoms with E-state index >= 15 is 0 Å². The lowest BCUT2D eigenvalue weighted by molar-refractivity contribution is -0.274. The largest absolute Gasteiger partial charge is 0.573 e. The minimum Gasteiger partial charge on any atom is -0.477 e. The van der Waals surface area contributed by atoms with Crippen LogP contribution in [0.3, 0.4) is 0 Å². The third-order valence-corrected chi connectivity index (χ3v) is 3.45. The molecule has 6 N–H and O–H groups in total. The second-order valence-corrected chi connectivity index (χ2v) is 5.30. The lowest BCUT2D eigenvalue weighted by atomic mass is 10.0. The highest BCUT2D eigenvalue weighted by molar-refractivity contribution is 5.87. The van der Waals surface area contributed by atoms with Gasteiger partial charge in [0.2, 0.25) is 0 Å². The van der Waals surface area contributed by atoms with Gasteiger partial charge in [-0.05, 0) is 34.9 Å². The minimum atomic E-state index is -4.73. The van der Waals surface area contributed by atoms with Crippen LogP contribution in [0.5, 0.6) is 5.75 Å². The molecule has 0 saturated heterocycles. The van der Waals surface area contributed by atoms with Crippen molar-refractivity contribution in [2.45, 2.75) is 6.36 Å². The predicted octanol–water partition coefficient (Wildman–Crippen LogP) is 2.98. The highest BCUT2D eigenvalue weighted by atomic mass is 19.4. The molecule has 0 heterocycles. The number of allylic oxidation sites excluding steroid dienone is 1. The minimum absolute atomic E-state index is 0.0480. The fourth-order valence-electron chi connectivity index (χ4n) is 2.15. The van der Waals surface area contributed by atoms with Crippen molar-refractivity contribution in [1.82, 2.24) is 5.43 Å². The van der Waals surface area contributed by atoms with Crippen molar-refractivity contribution in [3.63, 3.8) is 0 Å². The number of carbonyl (C=O) groups is 1. The number of carboxylic acids is 1. The lowest BCUT2D eigenvalue weighted by Gasteiger charge is -2.09. The van der Waals surface area contributed by atoms with E-state index in [4.69, 9.17) is 16.7 Å². The molecule has 142 valence electrons. The van der Waals surface area contributed by atoms with Gasteiger partial charge in [-0.25, -0.2) is 4.79 Å². The summed E-state index contributed by atoms with van der Waals surface area (Å²) in [6.07, 6.45) is -1.71. The average Bonchev–Trinajstić information content (AvgIpc) is 2.62. The number of aliphatic carboxylic acids is 1. The van der Waals surface area contributed by atoms with E-state index in [1.807, 2.05) is 0 Å². The first-order valence-corrected chi connectivity index (χ1v) is 7.53. The van der Waals surface area contributed by atoms with E-state index in [0.717, 1.165) is 11.1 Å². The number of halogens is 3. The van der Waals surface area contributed by atoms with Gasteiger partial charge < -0.3 is 21.0 Å². The van der Waals surface area contributed by atoms with Crippen LogP contribution in [0.15, 0.2) is 66.0 Å². The fourth-order valence-corrected chi connectivity index (χ4v) is 2.15. The van der Waals surface area contributed by atoms with Gasteiger partial charge in [0.25, 0.3) is 0 Å². The first-order chi connectivity index (χ1) is 12.7. The molecule has 0 bridgehead atoms. The van der Waals surface area contributed by atoms with Crippen LogP contribution in [0, 0.1) is 0 Å². The van der Waals surface area contributed by atoms with Crippen LogP contribution < -0.4 is 21.7 Å². The van der Waals surface area contributed by atoms with Gasteiger partial charge in [0, 0.05) is 0 Å². The molecule has 2 rings (SSSR count). The quantitative estimate of drug-likeness (QED) is 0.266. The summed E-state index contributed by atoms with van der Waals surface area (Å²) in [6.45, 7) is 0. The SMILES string of the molecule is NNC(/C=C/c1ccc(-c2ccc(OC(F)(F)F)cc2)cc1)=C(\N)C(=O)O. The van der Waals surface area contributed by atoms with Crippen LogP contribution >= 0.6 is 0 Å². The molecule has 0 aliphatic heterocycles. The summed E-state index contributed by atoms with van der Waals surface area (Å²) < 4.78 is 40.4. The summed E-state index contributed by atoms with van der Waals surface area (Å²) in [4.78, 5) is 10.8. The standard InChI is InChI=1S/C18H16F3N3O3/c19-18(20,21)27-14-8-6-13(7-9-14)12-4-1-11(2-5-12)3-10-15(24-23)16(22)17(25)26/h1-10,24H,22-23H2,(H,25,26)/b10-3+,16-15-. The Morgan fingerprint density at radius 1 is 1.04 bits per heavy atom. The van der Waals surface area contributed by atoms with E-state index in [0.29, 0.717) is 5.56 Å². The van der Waals surface area contributed by atoms with Crippen molar-refractivity contribution in [2.75, 3.05) is 0 Å². The second kappa shape index (κ2) is 8.28. The summed E-state index contributed by atoms with van der Waals surface area (Å²) >= 11 is 0. The van der Waals surface area contributed by atoms with Gasteiger partial charge in [0.05, 0.1) is 5.70 Å². The monoisotopic (exact) mass is 379 g/mol. The van der Waals surface area contributed by atoms with Crippen molar-refractivity contribution in [3.05, 3.63) is 71.6 Å². The number of nitrogens with two attached hydrogens (primary N) is 2. The maximum absolute atomic E-state index is 12.2. The molecule has 0 aliphatic carbocycles. The number of carboxylic acid groups (broad SMARTS) is 1. The Morgan fingerprint density at radius 2 is 1.56 bits per heavy atom. The number of hydrogen-bond acceptors (Lipinski definition) is 5. The third-order valence-electron chi connectivity index (χ3n) is 3.45. The topological polar surface area (TPSA) is 111 Å². The number of benzene rings is 2. The maximum atomic E-state index is 12.2. The highest BCUT2D eigenvalue weighted by Crippen LogP contribution is 2.26. The molecule has 0 saturated carbocycles. The molecule has 0 aliphatic rings. The Bertz CT molecular complexity index is 858. The van der Waals surface area contributed by atoms with Gasteiger partial charge >= 0.3 is 12.3 Å². The third kappa shape index (κ3) is 5.79. The molecule has 0 amide bonds. The van der Waals surface area contributed by atoms with E-state index in [2.05, 4.69) is 10.2 Å². The molecule has 9 heteroatoms. The van der Waals surface area contributed by atoms with Crippen LogP contribution in [-0.2, 0) is 4.79 Å². The van der Waals surface area contributed by atoms with Crippen molar-refractivity contribution < 1.29 is 27.8 Å². The maximum Gasteiger partial charge on any atom is 0.573 e. The highest BCUT2D eigenvalue weighted by Gasteiger charge is 2.30. The van der Waals surface area contributed by atoms with Gasteiger partial charge in [-0.15, -0.1) is 13.2 Å². The van der Waals surface area contributed by atoms with E-state index < -0.39 is 18.0 Å². The van der Waals surface area contributed by atoms with E-state index in [1.54, 1.807) is 30.3 Å². The molecule has 0 aromatic heterocycles. The van der Waals surface area contributed by atoms with Crippen molar-refractivity contribution in [3.8, 4) is 16.9 Å². The number of nitrogens with one attached hydrogen (secondary N) is 1. The Labute approximate surface area is 152 Å². The molecule has 6 nitrogen and oxygen atoms in total. The molecule has 2 aromatic rings. The van der Waals surface area contributed by atoms with E-state index in [9.17, 15) is 18.0 Å². The summed E-state index contributed by atoms with van der Waals surface area (Å²) in [5, 5.41) is 8.84. The molecule has 0 atom stereocenters. The number of hydrogen-bond donors (Lipinski definition) is 4. The summed E-state index contributed by atoms with van der Waals surface area (Å²) in [5.41, 5.74) is 9.45. The van der Waals surface area contributed by atoms with Crippen LogP contribution in [-0.4, -0.2) is 17.4 Å². The van der Waals surface area contributed by atoms with Gasteiger partial charge in [0.1, 0.15) is 11.4 Å². The zero-order valence-electron chi connectivity index (χ0n) is 13.8. The fraction of sp³-hybridized carbons (Fsp3) is 0.0556. The first kappa shape index (κ1) is 19.9.